The summed E-state index contributed by atoms with van der Waals surface area (Å²) in [6.45, 7) is 0. The predicted molar refractivity (Wildman–Crippen MR) is 145 cm³/mol. The second-order valence-corrected chi connectivity index (χ2v) is 10.4. The summed E-state index contributed by atoms with van der Waals surface area (Å²) in [5.74, 6) is -2.06. The van der Waals surface area contributed by atoms with Gasteiger partial charge in [-0.2, -0.15) is 11.3 Å². The molecule has 1 fully saturated rings. The first-order valence-corrected chi connectivity index (χ1v) is 13.2. The van der Waals surface area contributed by atoms with Crippen LogP contribution in [0.5, 0.6) is 5.75 Å². The normalized spacial score (nSPS) is 19.8. The number of ketones is 1. The van der Waals surface area contributed by atoms with Crippen molar-refractivity contribution in [3.05, 3.63) is 116 Å². The molecule has 0 spiro atoms. The van der Waals surface area contributed by atoms with Gasteiger partial charge in [-0.15, -0.1) is 0 Å². The highest BCUT2D eigenvalue weighted by atomic mass is 35.5. The summed E-state index contributed by atoms with van der Waals surface area (Å²) in [4.78, 5) is 32.3. The maximum Gasteiger partial charge on any atom is 0.248 e. The van der Waals surface area contributed by atoms with E-state index in [1.54, 1.807) is 42.5 Å². The Morgan fingerprint density at radius 2 is 1.97 bits per heavy atom. The minimum Gasteiger partial charge on any atom is -0.494 e. The topological polar surface area (TPSA) is 59.5 Å². The second kappa shape index (κ2) is 10.3. The molecule has 3 heterocycles. The second-order valence-electron chi connectivity index (χ2n) is 8.78. The lowest BCUT2D eigenvalue weighted by Gasteiger charge is -2.45. The fraction of sp³-hybridized carbons (Fsp3) is 0.179. The Labute approximate surface area is 228 Å². The number of amides is 1. The number of halogens is 2. The molecule has 0 aliphatic carbocycles. The van der Waals surface area contributed by atoms with Crippen LogP contribution < -0.4 is 4.74 Å². The molecule has 9 heteroatoms. The van der Waals surface area contributed by atoms with Crippen LogP contribution in [0.1, 0.15) is 40.4 Å². The summed E-state index contributed by atoms with van der Waals surface area (Å²) in [6.07, 6.45) is 0.386. The zero-order valence-electron chi connectivity index (χ0n) is 19.7. The molecule has 0 N–H and O–H groups in total. The summed E-state index contributed by atoms with van der Waals surface area (Å²) >= 11 is 12.5. The van der Waals surface area contributed by atoms with E-state index in [4.69, 9.17) is 21.3 Å². The molecule has 2 aromatic carbocycles. The first kappa shape index (κ1) is 25.4. The molecule has 1 aliphatic rings. The largest absolute Gasteiger partial charge is 0.494 e. The van der Waals surface area contributed by atoms with E-state index in [9.17, 15) is 14.0 Å². The van der Waals surface area contributed by atoms with Crippen molar-refractivity contribution >= 4 is 47.4 Å². The van der Waals surface area contributed by atoms with E-state index in [0.29, 0.717) is 28.4 Å². The van der Waals surface area contributed by atoms with E-state index < -0.39 is 23.2 Å². The number of nitrogens with zero attached hydrogens (tertiary/aromatic N) is 2. The van der Waals surface area contributed by atoms with Gasteiger partial charge >= 0.3 is 0 Å². The lowest BCUT2D eigenvalue weighted by Crippen LogP contribution is -2.54. The lowest BCUT2D eigenvalue weighted by molar-refractivity contribution is -0.142. The van der Waals surface area contributed by atoms with Crippen molar-refractivity contribution < 1.29 is 18.7 Å². The van der Waals surface area contributed by atoms with Crippen molar-refractivity contribution in [3.8, 4) is 5.75 Å². The number of aromatic nitrogens is 1. The molecule has 1 amide bonds. The van der Waals surface area contributed by atoms with Crippen LogP contribution in [0.3, 0.4) is 0 Å². The molecule has 188 valence electrons. The van der Waals surface area contributed by atoms with Gasteiger partial charge in [-0.1, -0.05) is 54.7 Å². The molecule has 2 aromatic heterocycles. The quantitative estimate of drug-likeness (QED) is 0.228. The number of hydrogen-bond acceptors (Lipinski definition) is 6. The van der Waals surface area contributed by atoms with Crippen LogP contribution in [0, 0.1) is 5.82 Å². The molecule has 5 nitrogen and oxygen atoms in total. The summed E-state index contributed by atoms with van der Waals surface area (Å²) < 4.78 is 20.3. The Morgan fingerprint density at radius 1 is 1.16 bits per heavy atom. The highest BCUT2D eigenvalue weighted by Gasteiger charge is 2.53. The number of Topliss-reactive ketones (excluding diaryl/α,β-unsaturated/α-hetero) is 1. The van der Waals surface area contributed by atoms with Crippen molar-refractivity contribution in [2.24, 2.45) is 0 Å². The SMILES string of the molecule is COc1cc(Cc2cccc(C3(c4ccsc4)CC(=O)C(c4ccccc4Cl)C(=O)N3S)n2)ccc1F. The van der Waals surface area contributed by atoms with Crippen LogP contribution in [0.4, 0.5) is 4.39 Å². The Hall–Kier alpha value is -3.20. The number of rotatable bonds is 6. The van der Waals surface area contributed by atoms with Gasteiger partial charge in [0, 0.05) is 23.6 Å². The molecule has 5 rings (SSSR count). The maximum absolute atomic E-state index is 13.9. The Kier molecular flexibility index (Phi) is 7.07. The van der Waals surface area contributed by atoms with Crippen LogP contribution >= 0.6 is 35.8 Å². The van der Waals surface area contributed by atoms with Gasteiger partial charge in [0.15, 0.2) is 17.3 Å². The standard InChI is InChI=1S/C28H22ClFN2O3S2/c1-35-24-14-17(9-10-22(24)30)13-19-5-4-8-25(31-19)28(18-11-12-37-16-18)15-23(33)26(27(34)32(28)36)20-6-2-3-7-21(20)29/h2-12,14,16,26,36H,13,15H2,1H3. The number of thiophene rings is 1. The molecule has 1 aliphatic heterocycles. The molecule has 0 bridgehead atoms. The molecule has 0 saturated carbocycles. The Bertz CT molecular complexity index is 1480. The van der Waals surface area contributed by atoms with Gasteiger partial charge in [0.1, 0.15) is 11.5 Å². The van der Waals surface area contributed by atoms with E-state index in [1.165, 1.54) is 28.8 Å². The molecule has 2 atom stereocenters. The fourth-order valence-electron chi connectivity index (χ4n) is 4.80. The zero-order chi connectivity index (χ0) is 26.2. The molecule has 37 heavy (non-hydrogen) atoms. The van der Waals surface area contributed by atoms with Crippen LogP contribution in [-0.4, -0.2) is 28.1 Å². The summed E-state index contributed by atoms with van der Waals surface area (Å²) in [6, 6.07) is 18.9. The number of benzene rings is 2. The predicted octanol–water partition coefficient (Wildman–Crippen LogP) is 6.21. The van der Waals surface area contributed by atoms with Crippen molar-refractivity contribution in [2.45, 2.75) is 24.3 Å². The van der Waals surface area contributed by atoms with Crippen LogP contribution in [-0.2, 0) is 21.5 Å². The summed E-state index contributed by atoms with van der Waals surface area (Å²) in [5, 5.41) is 4.15. The first-order valence-electron chi connectivity index (χ1n) is 11.5. The average molecular weight is 553 g/mol. The van der Waals surface area contributed by atoms with E-state index >= 15 is 0 Å². The number of hydrogen-bond donors (Lipinski definition) is 1. The average Bonchev–Trinajstić information content (AvgIpc) is 3.44. The first-order chi connectivity index (χ1) is 17.8. The zero-order valence-corrected chi connectivity index (χ0v) is 22.2. The van der Waals surface area contributed by atoms with Crippen LogP contribution in [0.25, 0.3) is 0 Å². The highest BCUT2D eigenvalue weighted by Crippen LogP contribution is 2.47. The number of piperidine rings is 1. The number of thiol groups is 1. The minimum atomic E-state index is -1.20. The minimum absolute atomic E-state index is 0.0182. The van der Waals surface area contributed by atoms with Gasteiger partial charge in [0.25, 0.3) is 0 Å². The van der Waals surface area contributed by atoms with Gasteiger partial charge in [0.05, 0.1) is 12.8 Å². The molecular formula is C28H22ClFN2O3S2. The third-order valence-electron chi connectivity index (χ3n) is 6.62. The number of carbonyl (C=O) groups excluding carboxylic acids is 2. The van der Waals surface area contributed by atoms with Crippen LogP contribution in [0.2, 0.25) is 5.02 Å². The third-order valence-corrected chi connectivity index (χ3v) is 8.18. The molecule has 0 radical (unpaired) electrons. The number of carbonyl (C=O) groups is 2. The monoisotopic (exact) mass is 552 g/mol. The molecule has 1 saturated heterocycles. The van der Waals surface area contributed by atoms with Crippen LogP contribution in [0.15, 0.2) is 77.5 Å². The number of methoxy groups -OCH3 is 1. The van der Waals surface area contributed by atoms with E-state index in [1.807, 2.05) is 29.0 Å². The third kappa shape index (κ3) is 4.54. The smallest absolute Gasteiger partial charge is 0.248 e. The van der Waals surface area contributed by atoms with Crippen molar-refractivity contribution in [2.75, 3.05) is 7.11 Å². The van der Waals surface area contributed by atoms with Crippen molar-refractivity contribution in [1.29, 1.82) is 0 Å². The lowest BCUT2D eigenvalue weighted by atomic mass is 9.74. The van der Waals surface area contributed by atoms with Gasteiger partial charge in [-0.3, -0.25) is 18.9 Å². The van der Waals surface area contributed by atoms with Gasteiger partial charge in [-0.05, 0) is 63.8 Å². The summed E-state index contributed by atoms with van der Waals surface area (Å²) in [7, 11) is 1.42. The summed E-state index contributed by atoms with van der Waals surface area (Å²) in [5.41, 5.74) is 2.03. The Balaban J connectivity index is 1.57. The number of pyridine rings is 1. The molecular weight excluding hydrogens is 531 g/mol. The number of ether oxygens (including phenoxy) is 1. The fourth-order valence-corrected chi connectivity index (χ4v) is 6.17. The van der Waals surface area contributed by atoms with Gasteiger partial charge < -0.3 is 4.74 Å². The van der Waals surface area contributed by atoms with Gasteiger partial charge in [0.2, 0.25) is 5.91 Å². The van der Waals surface area contributed by atoms with E-state index in [-0.39, 0.29) is 18.0 Å². The maximum atomic E-state index is 13.9. The highest BCUT2D eigenvalue weighted by molar-refractivity contribution is 7.78. The van der Waals surface area contributed by atoms with Crippen molar-refractivity contribution in [1.82, 2.24) is 9.29 Å². The molecule has 2 unspecified atom stereocenters. The Morgan fingerprint density at radius 3 is 2.70 bits per heavy atom. The van der Waals surface area contributed by atoms with E-state index in [0.717, 1.165) is 11.1 Å². The van der Waals surface area contributed by atoms with Crippen molar-refractivity contribution in [3.63, 3.8) is 0 Å². The molecule has 4 aromatic rings. The van der Waals surface area contributed by atoms with Gasteiger partial charge in [-0.25, -0.2) is 4.39 Å². The van der Waals surface area contributed by atoms with E-state index in [2.05, 4.69) is 12.8 Å².